The predicted molar refractivity (Wildman–Crippen MR) is 85.7 cm³/mol. The van der Waals surface area contributed by atoms with Crippen molar-refractivity contribution in [1.29, 1.82) is 0 Å². The van der Waals surface area contributed by atoms with Gasteiger partial charge < -0.3 is 5.32 Å². The van der Waals surface area contributed by atoms with Crippen LogP contribution < -0.4 is 5.32 Å². The maximum atomic E-state index is 4.38. The van der Waals surface area contributed by atoms with Gasteiger partial charge in [0.1, 0.15) is 0 Å². The number of pyridine rings is 1. The van der Waals surface area contributed by atoms with E-state index in [-0.39, 0.29) is 0 Å². The molecule has 2 nitrogen and oxygen atoms in total. The monoisotopic (exact) mass is 336 g/mol. The molecule has 1 N–H and O–H groups in total. The molecule has 0 radical (unpaired) electrons. The van der Waals surface area contributed by atoms with Crippen LogP contribution in [0.3, 0.4) is 0 Å². The molecule has 0 aliphatic rings. The minimum Gasteiger partial charge on any atom is -0.316 e. The van der Waals surface area contributed by atoms with Crippen molar-refractivity contribution in [3.63, 3.8) is 0 Å². The standard InChI is InChI=1S/C15H17BrN2S/c1-17-13(10-12-6-4-5-9-18-12)11-19-15-8-3-2-7-14(15)16/h2-9,13,17H,10-11H2,1H3. The lowest BCUT2D eigenvalue weighted by Crippen LogP contribution is -2.30. The molecule has 1 heterocycles. The number of benzene rings is 1. The summed E-state index contributed by atoms with van der Waals surface area (Å²) < 4.78 is 1.16. The van der Waals surface area contributed by atoms with E-state index in [1.54, 1.807) is 0 Å². The summed E-state index contributed by atoms with van der Waals surface area (Å²) in [5.74, 6) is 1.02. The Labute approximate surface area is 127 Å². The number of likely N-dealkylation sites (N-methyl/N-ethyl adjacent to an activating group) is 1. The van der Waals surface area contributed by atoms with Gasteiger partial charge in [-0.25, -0.2) is 0 Å². The van der Waals surface area contributed by atoms with Gasteiger partial charge in [0.15, 0.2) is 0 Å². The van der Waals surface area contributed by atoms with Crippen LogP contribution in [0, 0.1) is 0 Å². The first kappa shape index (κ1) is 14.6. The van der Waals surface area contributed by atoms with Crippen molar-refractivity contribution in [1.82, 2.24) is 10.3 Å². The number of nitrogens with one attached hydrogen (secondary N) is 1. The van der Waals surface area contributed by atoms with E-state index >= 15 is 0 Å². The molecule has 0 saturated heterocycles. The van der Waals surface area contributed by atoms with Crippen LogP contribution in [-0.2, 0) is 6.42 Å². The van der Waals surface area contributed by atoms with E-state index in [9.17, 15) is 0 Å². The molecule has 4 heteroatoms. The minimum absolute atomic E-state index is 0.423. The van der Waals surface area contributed by atoms with Crippen molar-refractivity contribution in [2.45, 2.75) is 17.4 Å². The first-order chi connectivity index (χ1) is 9.29. The molecule has 0 spiro atoms. The maximum absolute atomic E-state index is 4.38. The molecule has 0 fully saturated rings. The van der Waals surface area contributed by atoms with Gasteiger partial charge >= 0.3 is 0 Å². The Morgan fingerprint density at radius 2 is 2.00 bits per heavy atom. The van der Waals surface area contributed by atoms with E-state index in [2.05, 4.69) is 50.5 Å². The van der Waals surface area contributed by atoms with Crippen molar-refractivity contribution in [3.05, 3.63) is 58.8 Å². The lowest BCUT2D eigenvalue weighted by atomic mass is 10.2. The van der Waals surface area contributed by atoms with Crippen LogP contribution in [0.4, 0.5) is 0 Å². The molecule has 1 aromatic carbocycles. The summed E-state index contributed by atoms with van der Waals surface area (Å²) in [7, 11) is 2.01. The van der Waals surface area contributed by atoms with Crippen molar-refractivity contribution in [3.8, 4) is 0 Å². The summed E-state index contributed by atoms with van der Waals surface area (Å²) in [6.45, 7) is 0. The summed E-state index contributed by atoms with van der Waals surface area (Å²) in [6, 6.07) is 14.8. The van der Waals surface area contributed by atoms with E-state index in [1.165, 1.54) is 4.90 Å². The molecule has 0 saturated carbocycles. The van der Waals surface area contributed by atoms with Gasteiger partial charge in [-0.1, -0.05) is 18.2 Å². The highest BCUT2D eigenvalue weighted by molar-refractivity contribution is 9.10. The molecule has 100 valence electrons. The van der Waals surface area contributed by atoms with Gasteiger partial charge in [-0.2, -0.15) is 0 Å². The van der Waals surface area contributed by atoms with Gasteiger partial charge in [0.2, 0.25) is 0 Å². The summed E-state index contributed by atoms with van der Waals surface area (Å²) in [6.07, 6.45) is 2.80. The van der Waals surface area contributed by atoms with Gasteiger partial charge in [0.25, 0.3) is 0 Å². The lowest BCUT2D eigenvalue weighted by Gasteiger charge is -2.15. The molecule has 0 aliphatic heterocycles. The maximum Gasteiger partial charge on any atom is 0.0419 e. The topological polar surface area (TPSA) is 24.9 Å². The highest BCUT2D eigenvalue weighted by Crippen LogP contribution is 2.27. The van der Waals surface area contributed by atoms with Crippen molar-refractivity contribution >= 4 is 27.7 Å². The minimum atomic E-state index is 0.423. The fourth-order valence-electron chi connectivity index (χ4n) is 1.77. The molecule has 19 heavy (non-hydrogen) atoms. The number of aromatic nitrogens is 1. The quantitative estimate of drug-likeness (QED) is 0.813. The molecule has 1 atom stereocenters. The van der Waals surface area contributed by atoms with Crippen molar-refractivity contribution in [2.75, 3.05) is 12.8 Å². The smallest absolute Gasteiger partial charge is 0.0419 e. The zero-order valence-corrected chi connectivity index (χ0v) is 13.2. The predicted octanol–water partition coefficient (Wildman–Crippen LogP) is 3.77. The van der Waals surface area contributed by atoms with E-state index in [1.807, 2.05) is 43.2 Å². The Bertz CT molecular complexity index is 505. The summed E-state index contributed by atoms with van der Waals surface area (Å²) in [4.78, 5) is 5.66. The summed E-state index contributed by atoms with van der Waals surface area (Å²) in [5.41, 5.74) is 1.13. The normalized spacial score (nSPS) is 12.3. The van der Waals surface area contributed by atoms with Crippen molar-refractivity contribution in [2.24, 2.45) is 0 Å². The third-order valence-electron chi connectivity index (χ3n) is 2.87. The average molecular weight is 337 g/mol. The molecule has 2 aromatic rings. The second-order valence-corrected chi connectivity index (χ2v) is 6.17. The average Bonchev–Trinajstić information content (AvgIpc) is 2.46. The number of thioether (sulfide) groups is 1. The van der Waals surface area contributed by atoms with E-state index in [0.717, 1.165) is 22.3 Å². The molecule has 1 aromatic heterocycles. The number of rotatable bonds is 6. The van der Waals surface area contributed by atoms with Gasteiger partial charge in [0, 0.05) is 39.5 Å². The van der Waals surface area contributed by atoms with Crippen LogP contribution in [-0.4, -0.2) is 23.8 Å². The Morgan fingerprint density at radius 1 is 1.21 bits per heavy atom. The highest BCUT2D eigenvalue weighted by atomic mass is 79.9. The van der Waals surface area contributed by atoms with Gasteiger partial charge in [0.05, 0.1) is 0 Å². The number of nitrogens with zero attached hydrogens (tertiary/aromatic N) is 1. The van der Waals surface area contributed by atoms with Crippen LogP contribution in [0.1, 0.15) is 5.69 Å². The second kappa shape index (κ2) is 7.68. The van der Waals surface area contributed by atoms with Crippen LogP contribution in [0.25, 0.3) is 0 Å². The Hall–Kier alpha value is -0.840. The first-order valence-electron chi connectivity index (χ1n) is 6.24. The Kier molecular flexibility index (Phi) is 5.89. The summed E-state index contributed by atoms with van der Waals surface area (Å²) >= 11 is 5.44. The Morgan fingerprint density at radius 3 is 2.68 bits per heavy atom. The van der Waals surface area contributed by atoms with Crippen LogP contribution in [0.2, 0.25) is 0 Å². The van der Waals surface area contributed by atoms with E-state index < -0.39 is 0 Å². The van der Waals surface area contributed by atoms with Gasteiger partial charge in [-0.05, 0) is 47.2 Å². The fraction of sp³-hybridized carbons (Fsp3) is 0.267. The fourth-order valence-corrected chi connectivity index (χ4v) is 3.44. The van der Waals surface area contributed by atoms with Crippen molar-refractivity contribution < 1.29 is 0 Å². The van der Waals surface area contributed by atoms with Gasteiger partial charge in [-0.15, -0.1) is 11.8 Å². The highest BCUT2D eigenvalue weighted by Gasteiger charge is 2.09. The van der Waals surface area contributed by atoms with Crippen LogP contribution in [0.15, 0.2) is 58.0 Å². The molecule has 0 amide bonds. The van der Waals surface area contributed by atoms with Crippen LogP contribution in [0.5, 0.6) is 0 Å². The third kappa shape index (κ3) is 4.64. The molecule has 1 unspecified atom stereocenters. The summed E-state index contributed by atoms with van der Waals surface area (Å²) in [5, 5.41) is 3.36. The SMILES string of the molecule is CNC(CSc1ccccc1Br)Cc1ccccn1. The Balaban J connectivity index is 1.91. The zero-order valence-electron chi connectivity index (χ0n) is 10.8. The lowest BCUT2D eigenvalue weighted by molar-refractivity contribution is 0.609. The molecule has 0 bridgehead atoms. The zero-order chi connectivity index (χ0) is 13.5. The van der Waals surface area contributed by atoms with E-state index in [0.29, 0.717) is 6.04 Å². The van der Waals surface area contributed by atoms with Crippen LogP contribution >= 0.6 is 27.7 Å². The molecule has 2 rings (SSSR count). The first-order valence-corrected chi connectivity index (χ1v) is 8.02. The number of hydrogen-bond donors (Lipinski definition) is 1. The van der Waals surface area contributed by atoms with E-state index in [4.69, 9.17) is 0 Å². The number of hydrogen-bond acceptors (Lipinski definition) is 3. The molecular weight excluding hydrogens is 320 g/mol. The second-order valence-electron chi connectivity index (χ2n) is 4.25. The largest absolute Gasteiger partial charge is 0.316 e. The number of halogens is 1. The molecular formula is C15H17BrN2S. The van der Waals surface area contributed by atoms with Gasteiger partial charge in [-0.3, -0.25) is 4.98 Å². The third-order valence-corrected chi connectivity index (χ3v) is 5.06. The molecule has 0 aliphatic carbocycles.